The third-order valence-corrected chi connectivity index (χ3v) is 5.51. The van der Waals surface area contributed by atoms with Crippen LogP contribution in [0.2, 0.25) is 5.02 Å². The number of nitrogen functional groups attached to an aromatic ring is 1. The molecule has 0 aliphatic carbocycles. The lowest BCUT2D eigenvalue weighted by atomic mass is 9.99. The van der Waals surface area contributed by atoms with Gasteiger partial charge in [0.05, 0.1) is 10.7 Å². The maximum Gasteiger partial charge on any atom is 0.348 e. The van der Waals surface area contributed by atoms with Gasteiger partial charge in [-0.15, -0.1) is 5.10 Å². The minimum absolute atomic E-state index is 0.332. The minimum atomic E-state index is -0.332. The van der Waals surface area contributed by atoms with E-state index in [1.54, 1.807) is 24.3 Å². The number of aromatic nitrogens is 4. The summed E-state index contributed by atoms with van der Waals surface area (Å²) >= 11 is 6.27. The molecule has 3 N–H and O–H groups in total. The second-order valence-electron chi connectivity index (χ2n) is 7.30. The van der Waals surface area contributed by atoms with Crippen molar-refractivity contribution in [2.45, 2.75) is 26.2 Å². The summed E-state index contributed by atoms with van der Waals surface area (Å²) in [5.41, 5.74) is 7.81. The van der Waals surface area contributed by atoms with Gasteiger partial charge in [0.1, 0.15) is 0 Å². The van der Waals surface area contributed by atoms with Crippen molar-refractivity contribution in [1.82, 2.24) is 24.5 Å². The molecule has 1 aliphatic rings. The van der Waals surface area contributed by atoms with Crippen molar-refractivity contribution in [3.05, 3.63) is 45.6 Å². The Labute approximate surface area is 162 Å². The summed E-state index contributed by atoms with van der Waals surface area (Å²) in [6, 6.07) is 6.98. The molecule has 3 heterocycles. The number of halogens is 1. The van der Waals surface area contributed by atoms with Crippen molar-refractivity contribution in [3.63, 3.8) is 0 Å². The number of nitrogens with two attached hydrogens (primary N) is 1. The van der Waals surface area contributed by atoms with Crippen molar-refractivity contribution < 1.29 is 0 Å². The quantitative estimate of drug-likeness (QED) is 0.672. The molecule has 0 atom stereocenters. The Morgan fingerprint density at radius 2 is 2.07 bits per heavy atom. The molecule has 3 aromatic rings. The number of nitrogens with one attached hydrogen (secondary N) is 1. The summed E-state index contributed by atoms with van der Waals surface area (Å²) < 4.78 is 1.31. The monoisotopic (exact) mass is 386 g/mol. The summed E-state index contributed by atoms with van der Waals surface area (Å²) in [5.74, 6) is 1.49. The van der Waals surface area contributed by atoms with Gasteiger partial charge in [-0.05, 0) is 50.0 Å². The lowest BCUT2D eigenvalue weighted by molar-refractivity contribution is 0.193. The third kappa shape index (κ3) is 3.84. The highest BCUT2D eigenvalue weighted by molar-refractivity contribution is 6.33. The normalized spacial score (nSPS) is 16.2. The molecular weight excluding hydrogens is 364 g/mol. The summed E-state index contributed by atoms with van der Waals surface area (Å²) in [6.45, 7) is 5.46. The molecular formula is C19H23ClN6O. The van der Waals surface area contributed by atoms with Gasteiger partial charge in [0.25, 0.3) is 0 Å². The molecule has 4 rings (SSSR count). The zero-order chi connectivity index (χ0) is 19.0. The van der Waals surface area contributed by atoms with Crippen LogP contribution in [0.3, 0.4) is 0 Å². The highest BCUT2D eigenvalue weighted by atomic mass is 35.5. The van der Waals surface area contributed by atoms with Crippen LogP contribution in [-0.4, -0.2) is 44.1 Å². The Bertz CT molecular complexity index is 1020. The number of H-pyrrole nitrogens is 1. The van der Waals surface area contributed by atoms with Crippen LogP contribution in [0.5, 0.6) is 0 Å². The highest BCUT2D eigenvalue weighted by Gasteiger charge is 2.17. The Morgan fingerprint density at radius 3 is 2.81 bits per heavy atom. The number of rotatable bonds is 4. The molecule has 27 heavy (non-hydrogen) atoms. The Balaban J connectivity index is 1.57. The molecule has 1 aliphatic heterocycles. The first kappa shape index (κ1) is 18.0. The number of nitrogens with zero attached hydrogens (tertiary/aromatic N) is 4. The van der Waals surface area contributed by atoms with Crippen molar-refractivity contribution in [3.8, 4) is 11.3 Å². The third-order valence-electron chi connectivity index (χ3n) is 5.19. The topological polar surface area (TPSA) is 92.3 Å². The van der Waals surface area contributed by atoms with E-state index in [2.05, 4.69) is 26.9 Å². The average molecular weight is 387 g/mol. The van der Waals surface area contributed by atoms with E-state index in [-0.39, 0.29) is 5.69 Å². The van der Waals surface area contributed by atoms with Crippen molar-refractivity contribution >= 4 is 22.9 Å². The van der Waals surface area contributed by atoms with Crippen LogP contribution >= 0.6 is 11.6 Å². The number of anilines is 1. The molecule has 0 amide bonds. The van der Waals surface area contributed by atoms with Crippen molar-refractivity contribution in [2.24, 2.45) is 5.92 Å². The first-order valence-corrected chi connectivity index (χ1v) is 9.64. The Morgan fingerprint density at radius 1 is 1.30 bits per heavy atom. The van der Waals surface area contributed by atoms with Gasteiger partial charge in [0.15, 0.2) is 11.5 Å². The summed E-state index contributed by atoms with van der Waals surface area (Å²) in [4.78, 5) is 22.2. The molecule has 0 spiro atoms. The van der Waals surface area contributed by atoms with Crippen LogP contribution in [0.15, 0.2) is 29.1 Å². The molecule has 1 aromatic carbocycles. The number of piperidine rings is 1. The molecule has 0 unspecified atom stereocenters. The van der Waals surface area contributed by atoms with E-state index in [0.29, 0.717) is 33.4 Å². The van der Waals surface area contributed by atoms with Gasteiger partial charge < -0.3 is 15.6 Å². The zero-order valence-electron chi connectivity index (χ0n) is 15.3. The number of benzene rings is 1. The van der Waals surface area contributed by atoms with Crippen LogP contribution in [0, 0.1) is 5.92 Å². The average Bonchev–Trinajstić information content (AvgIpc) is 3.05. The first-order chi connectivity index (χ1) is 13.0. The zero-order valence-corrected chi connectivity index (χ0v) is 16.0. The van der Waals surface area contributed by atoms with E-state index in [1.165, 1.54) is 17.4 Å². The van der Waals surface area contributed by atoms with Crippen LogP contribution in [0.25, 0.3) is 16.9 Å². The van der Waals surface area contributed by atoms with Crippen LogP contribution in [-0.2, 0) is 6.42 Å². The number of likely N-dealkylation sites (tertiary alicyclic amines) is 1. The number of hydrogen-bond donors (Lipinski definition) is 2. The van der Waals surface area contributed by atoms with Crippen molar-refractivity contribution in [1.29, 1.82) is 0 Å². The molecule has 1 saturated heterocycles. The lowest BCUT2D eigenvalue weighted by Gasteiger charge is -2.29. The van der Waals surface area contributed by atoms with Gasteiger partial charge in [-0.25, -0.2) is 9.78 Å². The van der Waals surface area contributed by atoms with E-state index < -0.39 is 0 Å². The molecule has 142 valence electrons. The maximum absolute atomic E-state index is 12.4. The molecule has 8 heteroatoms. The van der Waals surface area contributed by atoms with Gasteiger partial charge in [0, 0.05) is 30.3 Å². The second kappa shape index (κ2) is 7.32. The number of hydrogen-bond acceptors (Lipinski definition) is 5. The smallest absolute Gasteiger partial charge is 0.348 e. The molecule has 7 nitrogen and oxygen atoms in total. The van der Waals surface area contributed by atoms with Gasteiger partial charge in [0.2, 0.25) is 0 Å². The summed E-state index contributed by atoms with van der Waals surface area (Å²) in [7, 11) is 0. The molecule has 1 fully saturated rings. The standard InChI is InChI=1S/C19H23ClN6O/c1-12-4-7-25(8-5-12)9-6-17-23-18-11-16(22-19(27)26(18)24-17)14-3-2-13(21)10-15(14)20/h2-3,10-12H,4-9,21H2,1H3,(H,22,27). The minimum Gasteiger partial charge on any atom is -0.399 e. The van der Waals surface area contributed by atoms with Crippen LogP contribution in [0.1, 0.15) is 25.6 Å². The number of aromatic amines is 1. The molecule has 0 radical (unpaired) electrons. The Hall–Kier alpha value is -2.38. The fourth-order valence-corrected chi connectivity index (χ4v) is 3.78. The van der Waals surface area contributed by atoms with Gasteiger partial charge in [-0.3, -0.25) is 0 Å². The van der Waals surface area contributed by atoms with Crippen LogP contribution < -0.4 is 11.4 Å². The van der Waals surface area contributed by atoms with Gasteiger partial charge >= 0.3 is 5.69 Å². The fraction of sp³-hybridized carbons (Fsp3) is 0.421. The molecule has 2 aromatic heterocycles. The Kier molecular flexibility index (Phi) is 4.88. The van der Waals surface area contributed by atoms with Crippen molar-refractivity contribution in [2.75, 3.05) is 25.4 Å². The SMILES string of the molecule is CC1CCN(CCc2nc3cc(-c4ccc(N)cc4Cl)[nH]c(=O)n3n2)CC1. The van der Waals surface area contributed by atoms with E-state index in [9.17, 15) is 4.79 Å². The second-order valence-corrected chi connectivity index (χ2v) is 7.71. The van der Waals surface area contributed by atoms with E-state index in [4.69, 9.17) is 17.3 Å². The summed E-state index contributed by atoms with van der Waals surface area (Å²) in [6.07, 6.45) is 3.21. The molecule has 0 bridgehead atoms. The van der Waals surface area contributed by atoms with Gasteiger partial charge in [-0.2, -0.15) is 4.52 Å². The van der Waals surface area contributed by atoms with Gasteiger partial charge in [-0.1, -0.05) is 18.5 Å². The molecule has 0 saturated carbocycles. The summed E-state index contributed by atoms with van der Waals surface area (Å²) in [5, 5.41) is 4.85. The maximum atomic E-state index is 12.4. The predicted molar refractivity (Wildman–Crippen MR) is 107 cm³/mol. The van der Waals surface area contributed by atoms with E-state index >= 15 is 0 Å². The first-order valence-electron chi connectivity index (χ1n) is 9.26. The van der Waals surface area contributed by atoms with E-state index in [0.717, 1.165) is 32.0 Å². The predicted octanol–water partition coefficient (Wildman–Crippen LogP) is 2.59. The highest BCUT2D eigenvalue weighted by Crippen LogP contribution is 2.28. The number of fused-ring (bicyclic) bond motifs is 1. The fourth-order valence-electron chi connectivity index (χ4n) is 3.49. The lowest BCUT2D eigenvalue weighted by Crippen LogP contribution is -2.34. The van der Waals surface area contributed by atoms with Crippen LogP contribution in [0.4, 0.5) is 5.69 Å². The largest absolute Gasteiger partial charge is 0.399 e. The van der Waals surface area contributed by atoms with E-state index in [1.807, 2.05) is 0 Å².